The monoisotopic (exact) mass is 270 g/mol. The van der Waals surface area contributed by atoms with E-state index >= 15 is 0 Å². The molecule has 0 aliphatic carbocycles. The molecule has 1 N–H and O–H groups in total. The summed E-state index contributed by atoms with van der Waals surface area (Å²) in [6.45, 7) is 5.47. The fourth-order valence-corrected chi connectivity index (χ4v) is 2.93. The third-order valence-electron chi connectivity index (χ3n) is 3.72. The molecule has 2 heterocycles. The molecule has 6 heteroatoms. The number of carbonyl (C=O) groups is 2. The van der Waals surface area contributed by atoms with Gasteiger partial charge in [-0.1, -0.05) is 0 Å². The van der Waals surface area contributed by atoms with Crippen molar-refractivity contribution in [2.75, 3.05) is 19.6 Å². The summed E-state index contributed by atoms with van der Waals surface area (Å²) in [4.78, 5) is 27.0. The SMILES string of the molecule is CC1CN(C(=O)N2CCCCC2C(=O)O)CC(C)O1. The van der Waals surface area contributed by atoms with Gasteiger partial charge in [-0.25, -0.2) is 9.59 Å². The standard InChI is InChI=1S/C13H22N2O4/c1-9-7-14(8-10(2)19-9)13(18)15-6-4-3-5-11(15)12(16)17/h9-11H,3-8H2,1-2H3,(H,16,17). The smallest absolute Gasteiger partial charge is 0.326 e. The van der Waals surface area contributed by atoms with Crippen LogP contribution in [0, 0.1) is 0 Å². The van der Waals surface area contributed by atoms with Crippen LogP contribution in [0.1, 0.15) is 33.1 Å². The van der Waals surface area contributed by atoms with Gasteiger partial charge in [0.05, 0.1) is 12.2 Å². The molecule has 108 valence electrons. The quantitative estimate of drug-likeness (QED) is 0.776. The number of carboxylic acid groups (broad SMARTS) is 1. The summed E-state index contributed by atoms with van der Waals surface area (Å²) in [6, 6.07) is -0.830. The third-order valence-corrected chi connectivity index (χ3v) is 3.72. The Bertz CT molecular complexity index is 351. The second-order valence-electron chi connectivity index (χ2n) is 5.49. The number of hydrogen-bond acceptors (Lipinski definition) is 3. The fraction of sp³-hybridized carbons (Fsp3) is 0.846. The van der Waals surface area contributed by atoms with Gasteiger partial charge in [-0.3, -0.25) is 0 Å². The van der Waals surface area contributed by atoms with Crippen molar-refractivity contribution in [1.29, 1.82) is 0 Å². The van der Waals surface area contributed by atoms with Crippen molar-refractivity contribution in [3.05, 3.63) is 0 Å². The summed E-state index contributed by atoms with van der Waals surface area (Å²) < 4.78 is 5.60. The first-order valence-corrected chi connectivity index (χ1v) is 6.93. The van der Waals surface area contributed by atoms with Gasteiger partial charge in [-0.05, 0) is 33.1 Å². The Kier molecular flexibility index (Phi) is 4.29. The second kappa shape index (κ2) is 5.77. The molecule has 0 aromatic rings. The highest BCUT2D eigenvalue weighted by atomic mass is 16.5. The van der Waals surface area contributed by atoms with E-state index in [0.29, 0.717) is 26.1 Å². The summed E-state index contributed by atoms with van der Waals surface area (Å²) in [5, 5.41) is 9.22. The number of carboxylic acids is 1. The number of aliphatic carboxylic acids is 1. The Labute approximate surface area is 113 Å². The van der Waals surface area contributed by atoms with Crippen LogP contribution in [0.4, 0.5) is 4.79 Å². The molecule has 2 aliphatic heterocycles. The zero-order valence-corrected chi connectivity index (χ0v) is 11.5. The predicted octanol–water partition coefficient (Wildman–Crippen LogP) is 1.15. The molecule has 2 fully saturated rings. The summed E-state index contributed by atoms with van der Waals surface area (Å²) in [7, 11) is 0. The van der Waals surface area contributed by atoms with E-state index in [2.05, 4.69) is 0 Å². The topological polar surface area (TPSA) is 70.1 Å². The average Bonchev–Trinajstić information content (AvgIpc) is 2.36. The van der Waals surface area contributed by atoms with E-state index in [1.807, 2.05) is 13.8 Å². The van der Waals surface area contributed by atoms with Gasteiger partial charge in [0.15, 0.2) is 0 Å². The van der Waals surface area contributed by atoms with Crippen LogP contribution in [-0.2, 0) is 9.53 Å². The molecule has 0 bridgehead atoms. The number of hydrogen-bond donors (Lipinski definition) is 1. The minimum absolute atomic E-state index is 0.000712. The fourth-order valence-electron chi connectivity index (χ4n) is 2.93. The molecule has 0 aromatic heterocycles. The van der Waals surface area contributed by atoms with Gasteiger partial charge in [0.25, 0.3) is 0 Å². The van der Waals surface area contributed by atoms with Gasteiger partial charge in [0.1, 0.15) is 6.04 Å². The van der Waals surface area contributed by atoms with Crippen LogP contribution in [0.25, 0.3) is 0 Å². The number of morpholine rings is 1. The summed E-state index contributed by atoms with van der Waals surface area (Å²) in [5.41, 5.74) is 0. The molecule has 2 aliphatic rings. The van der Waals surface area contributed by atoms with E-state index in [0.717, 1.165) is 12.8 Å². The van der Waals surface area contributed by atoms with Crippen LogP contribution >= 0.6 is 0 Å². The molecule has 6 nitrogen and oxygen atoms in total. The van der Waals surface area contributed by atoms with Crippen molar-refractivity contribution in [3.63, 3.8) is 0 Å². The Morgan fingerprint density at radius 1 is 1.16 bits per heavy atom. The first-order valence-electron chi connectivity index (χ1n) is 6.93. The molecule has 0 radical (unpaired) electrons. The Morgan fingerprint density at radius 3 is 2.37 bits per heavy atom. The molecule has 2 rings (SSSR count). The van der Waals surface area contributed by atoms with Crippen molar-refractivity contribution in [3.8, 4) is 0 Å². The van der Waals surface area contributed by atoms with Crippen LogP contribution in [0.15, 0.2) is 0 Å². The van der Waals surface area contributed by atoms with Crippen molar-refractivity contribution in [1.82, 2.24) is 9.80 Å². The number of likely N-dealkylation sites (tertiary alicyclic amines) is 1. The number of nitrogens with zero attached hydrogens (tertiary/aromatic N) is 2. The highest BCUT2D eigenvalue weighted by Gasteiger charge is 2.36. The molecule has 0 saturated carbocycles. The van der Waals surface area contributed by atoms with E-state index in [1.165, 1.54) is 4.90 Å². The van der Waals surface area contributed by atoms with Crippen molar-refractivity contribution < 1.29 is 19.4 Å². The van der Waals surface area contributed by atoms with Crippen molar-refractivity contribution >= 4 is 12.0 Å². The van der Waals surface area contributed by atoms with Gasteiger partial charge < -0.3 is 19.6 Å². The number of amides is 2. The van der Waals surface area contributed by atoms with Crippen LogP contribution < -0.4 is 0 Å². The Balaban J connectivity index is 2.06. The lowest BCUT2D eigenvalue weighted by atomic mass is 10.0. The maximum absolute atomic E-state index is 12.5. The first-order chi connectivity index (χ1) is 8.99. The van der Waals surface area contributed by atoms with Crippen LogP contribution in [0.3, 0.4) is 0 Å². The molecule has 19 heavy (non-hydrogen) atoms. The third kappa shape index (κ3) is 3.18. The molecule has 3 atom stereocenters. The van der Waals surface area contributed by atoms with Gasteiger partial charge >= 0.3 is 12.0 Å². The number of piperidine rings is 1. The van der Waals surface area contributed by atoms with Crippen molar-refractivity contribution in [2.45, 2.75) is 51.4 Å². The van der Waals surface area contributed by atoms with Crippen LogP contribution in [0.5, 0.6) is 0 Å². The van der Waals surface area contributed by atoms with E-state index in [4.69, 9.17) is 4.74 Å². The minimum atomic E-state index is -0.901. The molecule has 2 amide bonds. The summed E-state index contributed by atoms with van der Waals surface area (Å²) in [6.07, 6.45) is 2.31. The van der Waals surface area contributed by atoms with Gasteiger partial charge in [0.2, 0.25) is 0 Å². The van der Waals surface area contributed by atoms with Crippen LogP contribution in [0.2, 0.25) is 0 Å². The predicted molar refractivity (Wildman–Crippen MR) is 69.0 cm³/mol. The Morgan fingerprint density at radius 2 is 1.79 bits per heavy atom. The van der Waals surface area contributed by atoms with Crippen molar-refractivity contribution in [2.24, 2.45) is 0 Å². The number of ether oxygens (including phenoxy) is 1. The van der Waals surface area contributed by atoms with E-state index in [9.17, 15) is 14.7 Å². The minimum Gasteiger partial charge on any atom is -0.480 e. The van der Waals surface area contributed by atoms with Crippen LogP contribution in [-0.4, -0.2) is 64.8 Å². The molecule has 2 saturated heterocycles. The maximum Gasteiger partial charge on any atom is 0.326 e. The van der Waals surface area contributed by atoms with E-state index < -0.39 is 12.0 Å². The highest BCUT2D eigenvalue weighted by Crippen LogP contribution is 2.21. The normalized spacial score (nSPS) is 32.2. The first kappa shape index (κ1) is 14.1. The lowest BCUT2D eigenvalue weighted by Gasteiger charge is -2.41. The molecular formula is C13H22N2O4. The molecule has 0 spiro atoms. The molecule has 0 aromatic carbocycles. The van der Waals surface area contributed by atoms with Gasteiger partial charge in [-0.15, -0.1) is 0 Å². The highest BCUT2D eigenvalue weighted by molar-refractivity contribution is 5.83. The largest absolute Gasteiger partial charge is 0.480 e. The zero-order valence-electron chi connectivity index (χ0n) is 11.5. The summed E-state index contributed by atoms with van der Waals surface area (Å²) in [5.74, 6) is -0.901. The lowest BCUT2D eigenvalue weighted by Crippen LogP contribution is -2.57. The lowest BCUT2D eigenvalue weighted by molar-refractivity contribution is -0.143. The van der Waals surface area contributed by atoms with E-state index in [1.54, 1.807) is 4.90 Å². The zero-order chi connectivity index (χ0) is 14.0. The Hall–Kier alpha value is -1.30. The molecular weight excluding hydrogens is 248 g/mol. The summed E-state index contributed by atoms with van der Waals surface area (Å²) >= 11 is 0. The number of urea groups is 1. The second-order valence-corrected chi connectivity index (χ2v) is 5.49. The molecule has 3 unspecified atom stereocenters. The van der Waals surface area contributed by atoms with Gasteiger partial charge in [-0.2, -0.15) is 0 Å². The average molecular weight is 270 g/mol. The maximum atomic E-state index is 12.5. The van der Waals surface area contributed by atoms with Gasteiger partial charge in [0, 0.05) is 19.6 Å². The number of carbonyl (C=O) groups excluding carboxylic acids is 1. The van der Waals surface area contributed by atoms with E-state index in [-0.39, 0.29) is 18.2 Å². The number of rotatable bonds is 1.